The van der Waals surface area contributed by atoms with Gasteiger partial charge in [-0.05, 0) is 25.1 Å². The number of nitriles is 1. The lowest BCUT2D eigenvalue weighted by atomic mass is 10.1. The third-order valence-electron chi connectivity index (χ3n) is 2.42. The van der Waals surface area contributed by atoms with Crippen molar-refractivity contribution in [1.29, 1.82) is 5.26 Å². The molecular weight excluding hydrogens is 220 g/mol. The van der Waals surface area contributed by atoms with Crippen LogP contribution in [0.5, 0.6) is 0 Å². The van der Waals surface area contributed by atoms with E-state index in [9.17, 15) is 9.90 Å². The van der Waals surface area contributed by atoms with Crippen molar-refractivity contribution in [3.8, 4) is 6.07 Å². The molecule has 0 radical (unpaired) electrons. The molecule has 0 aliphatic carbocycles. The molecule has 0 aliphatic heterocycles. The minimum absolute atomic E-state index is 0.0583. The van der Waals surface area contributed by atoms with E-state index >= 15 is 0 Å². The zero-order chi connectivity index (χ0) is 13.1. The Kier molecular flexibility index (Phi) is 3.71. The van der Waals surface area contributed by atoms with E-state index in [0.717, 1.165) is 0 Å². The number of benzene rings is 1. The van der Waals surface area contributed by atoms with E-state index < -0.39 is 11.6 Å². The maximum absolute atomic E-state index is 10.8. The molecule has 5 nitrogen and oxygen atoms in total. The Morgan fingerprint density at radius 2 is 2.24 bits per heavy atom. The molecule has 0 aliphatic rings. The molecule has 1 atom stereocenters. The zero-order valence-corrected chi connectivity index (χ0v) is 9.71. The lowest BCUT2D eigenvalue weighted by Gasteiger charge is -2.27. The molecule has 17 heavy (non-hydrogen) atoms. The fourth-order valence-electron chi connectivity index (χ4n) is 1.43. The predicted octanol–water partition coefficient (Wildman–Crippen LogP) is 0.830. The number of hydrogen-bond donors (Lipinski definition) is 2. The normalized spacial score (nSPS) is 13.5. The predicted molar refractivity (Wildman–Crippen MR) is 62.7 cm³/mol. The minimum Gasteiger partial charge on any atom is -0.479 e. The molecule has 0 bridgehead atoms. The van der Waals surface area contributed by atoms with Gasteiger partial charge in [-0.1, -0.05) is 6.07 Å². The molecule has 1 unspecified atom stereocenters. The van der Waals surface area contributed by atoms with Gasteiger partial charge in [0.2, 0.25) is 0 Å². The molecule has 0 saturated carbocycles. The van der Waals surface area contributed by atoms with E-state index in [1.165, 1.54) is 6.92 Å². The number of rotatable bonds is 4. The maximum atomic E-state index is 10.8. The maximum Gasteiger partial charge on any atom is 0.337 e. The van der Waals surface area contributed by atoms with Crippen LogP contribution in [0.15, 0.2) is 24.3 Å². The smallest absolute Gasteiger partial charge is 0.337 e. The summed E-state index contributed by atoms with van der Waals surface area (Å²) in [5.41, 5.74) is -0.646. The topological polar surface area (TPSA) is 84.6 Å². The summed E-state index contributed by atoms with van der Waals surface area (Å²) in [6, 6.07) is 8.76. The van der Waals surface area contributed by atoms with Gasteiger partial charge in [-0.25, -0.2) is 4.79 Å². The molecule has 0 heterocycles. The van der Waals surface area contributed by atoms with Gasteiger partial charge in [0.25, 0.3) is 0 Å². The number of likely N-dealkylation sites (N-methyl/N-ethyl adjacent to an activating group) is 1. The van der Waals surface area contributed by atoms with Crippen LogP contribution in [0.3, 0.4) is 0 Å². The van der Waals surface area contributed by atoms with Crippen molar-refractivity contribution in [3.05, 3.63) is 29.8 Å². The fraction of sp³-hybridized carbons (Fsp3) is 0.333. The van der Waals surface area contributed by atoms with Crippen LogP contribution in [0.2, 0.25) is 0 Å². The van der Waals surface area contributed by atoms with Crippen molar-refractivity contribution in [1.82, 2.24) is 0 Å². The number of nitrogens with zero attached hydrogens (tertiary/aromatic N) is 2. The molecule has 0 amide bonds. The second-order valence-electron chi connectivity index (χ2n) is 4.10. The third kappa shape index (κ3) is 3.20. The molecule has 5 heteroatoms. The molecule has 1 aromatic rings. The van der Waals surface area contributed by atoms with Crippen LogP contribution in [0.4, 0.5) is 5.69 Å². The molecular formula is C12H14N2O3. The zero-order valence-electron chi connectivity index (χ0n) is 9.71. The number of carbonyl (C=O) groups is 1. The van der Waals surface area contributed by atoms with Crippen molar-refractivity contribution in [2.45, 2.75) is 12.5 Å². The van der Waals surface area contributed by atoms with Gasteiger partial charge < -0.3 is 15.1 Å². The van der Waals surface area contributed by atoms with Gasteiger partial charge in [0, 0.05) is 12.7 Å². The van der Waals surface area contributed by atoms with Gasteiger partial charge in [-0.2, -0.15) is 5.26 Å². The number of aliphatic hydroxyl groups is 1. The summed E-state index contributed by atoms with van der Waals surface area (Å²) in [5, 5.41) is 27.2. The van der Waals surface area contributed by atoms with E-state index in [1.807, 2.05) is 6.07 Å². The van der Waals surface area contributed by atoms with Gasteiger partial charge in [0.15, 0.2) is 5.60 Å². The van der Waals surface area contributed by atoms with Gasteiger partial charge >= 0.3 is 5.97 Å². The first-order chi connectivity index (χ1) is 7.86. The third-order valence-corrected chi connectivity index (χ3v) is 2.42. The average Bonchev–Trinajstić information content (AvgIpc) is 2.28. The largest absolute Gasteiger partial charge is 0.479 e. The van der Waals surface area contributed by atoms with E-state index in [2.05, 4.69) is 0 Å². The highest BCUT2D eigenvalue weighted by atomic mass is 16.4. The SMILES string of the molecule is CN(CC(C)(O)C(=O)O)c1cccc(C#N)c1. The second kappa shape index (κ2) is 4.85. The Morgan fingerprint density at radius 3 is 2.76 bits per heavy atom. The van der Waals surface area contributed by atoms with Crippen molar-refractivity contribution < 1.29 is 15.0 Å². The van der Waals surface area contributed by atoms with Crippen molar-refractivity contribution >= 4 is 11.7 Å². The molecule has 0 spiro atoms. The van der Waals surface area contributed by atoms with Gasteiger partial charge in [0.1, 0.15) is 0 Å². The number of hydrogen-bond acceptors (Lipinski definition) is 4. The minimum atomic E-state index is -1.82. The first-order valence-corrected chi connectivity index (χ1v) is 5.04. The lowest BCUT2D eigenvalue weighted by molar-refractivity contribution is -0.155. The summed E-state index contributed by atoms with van der Waals surface area (Å²) in [6.45, 7) is 1.18. The molecule has 2 N–H and O–H groups in total. The van der Waals surface area contributed by atoms with E-state index in [4.69, 9.17) is 10.4 Å². The summed E-state index contributed by atoms with van der Waals surface area (Å²) >= 11 is 0. The first-order valence-electron chi connectivity index (χ1n) is 5.04. The molecule has 0 saturated heterocycles. The summed E-state index contributed by atoms with van der Waals surface area (Å²) < 4.78 is 0. The Bertz CT molecular complexity index is 463. The average molecular weight is 234 g/mol. The van der Waals surface area contributed by atoms with Gasteiger partial charge in [-0.3, -0.25) is 0 Å². The number of anilines is 1. The van der Waals surface area contributed by atoms with Crippen LogP contribution in [-0.2, 0) is 4.79 Å². The summed E-state index contributed by atoms with van der Waals surface area (Å²) in [6.07, 6.45) is 0. The van der Waals surface area contributed by atoms with Crippen molar-refractivity contribution in [2.75, 3.05) is 18.5 Å². The van der Waals surface area contributed by atoms with Crippen molar-refractivity contribution in [2.24, 2.45) is 0 Å². The van der Waals surface area contributed by atoms with E-state index in [1.54, 1.807) is 36.2 Å². The van der Waals surface area contributed by atoms with Crippen LogP contribution in [-0.4, -0.2) is 35.4 Å². The summed E-state index contributed by atoms with van der Waals surface area (Å²) in [7, 11) is 1.66. The van der Waals surface area contributed by atoms with Crippen molar-refractivity contribution in [3.63, 3.8) is 0 Å². The Labute approximate surface area is 99.5 Å². The van der Waals surface area contributed by atoms with E-state index in [0.29, 0.717) is 11.3 Å². The standard InChI is InChI=1S/C12H14N2O3/c1-12(17,11(15)16)8-14(2)10-5-3-4-9(6-10)7-13/h3-6,17H,8H2,1-2H3,(H,15,16). The van der Waals surface area contributed by atoms with Crippen LogP contribution in [0.25, 0.3) is 0 Å². The number of carboxylic acids is 1. The fourth-order valence-corrected chi connectivity index (χ4v) is 1.43. The summed E-state index contributed by atoms with van der Waals surface area (Å²) in [4.78, 5) is 12.4. The van der Waals surface area contributed by atoms with E-state index in [-0.39, 0.29) is 6.54 Å². The molecule has 1 aromatic carbocycles. The number of aliphatic carboxylic acids is 1. The van der Waals surface area contributed by atoms with Crippen LogP contribution < -0.4 is 4.90 Å². The Morgan fingerprint density at radius 1 is 1.59 bits per heavy atom. The molecule has 0 aromatic heterocycles. The number of carboxylic acid groups (broad SMARTS) is 1. The van der Waals surface area contributed by atoms with Crippen LogP contribution >= 0.6 is 0 Å². The molecule has 0 fully saturated rings. The van der Waals surface area contributed by atoms with Crippen LogP contribution in [0.1, 0.15) is 12.5 Å². The molecule has 1 rings (SSSR count). The highest BCUT2D eigenvalue weighted by Gasteiger charge is 2.31. The second-order valence-corrected chi connectivity index (χ2v) is 4.10. The monoisotopic (exact) mass is 234 g/mol. The Hall–Kier alpha value is -2.06. The molecule has 90 valence electrons. The first kappa shape index (κ1) is 13.0. The Balaban J connectivity index is 2.87. The highest BCUT2D eigenvalue weighted by molar-refractivity contribution is 5.77. The van der Waals surface area contributed by atoms with Gasteiger partial charge in [0.05, 0.1) is 18.2 Å². The lowest BCUT2D eigenvalue weighted by Crippen LogP contribution is -2.45. The summed E-state index contributed by atoms with van der Waals surface area (Å²) in [5.74, 6) is -1.28. The highest BCUT2D eigenvalue weighted by Crippen LogP contribution is 2.17. The quantitative estimate of drug-likeness (QED) is 0.806. The van der Waals surface area contributed by atoms with Crippen LogP contribution in [0, 0.1) is 11.3 Å². The van der Waals surface area contributed by atoms with Gasteiger partial charge in [-0.15, -0.1) is 0 Å².